The van der Waals surface area contributed by atoms with E-state index in [9.17, 15) is 4.79 Å². The second kappa shape index (κ2) is 8.31. The van der Waals surface area contributed by atoms with Crippen LogP contribution < -0.4 is 10.2 Å². The molecular weight excluding hydrogens is 410 g/mol. The number of fused-ring (bicyclic) bond motifs is 1. The van der Waals surface area contributed by atoms with E-state index in [4.69, 9.17) is 19.2 Å². The van der Waals surface area contributed by atoms with E-state index in [1.807, 2.05) is 6.92 Å². The van der Waals surface area contributed by atoms with Gasteiger partial charge in [-0.05, 0) is 26.2 Å². The number of nitrogens with one attached hydrogen (secondary N) is 1. The molecule has 0 radical (unpaired) electrons. The zero-order valence-corrected chi connectivity index (χ0v) is 17.7. The van der Waals surface area contributed by atoms with E-state index >= 15 is 0 Å². The number of carbonyl (C=O) groups excluding carboxylic acids is 1. The van der Waals surface area contributed by atoms with Crippen molar-refractivity contribution in [2.75, 3.05) is 24.5 Å². The van der Waals surface area contributed by atoms with Crippen LogP contribution in [0.3, 0.4) is 0 Å². The summed E-state index contributed by atoms with van der Waals surface area (Å²) in [6.07, 6.45) is 3.07. The smallest absolute Gasteiger partial charge is 0.290 e. The number of nitrogens with zero attached hydrogens (tertiary/aromatic N) is 4. The lowest BCUT2D eigenvalue weighted by Gasteiger charge is -2.29. The lowest BCUT2D eigenvalue weighted by atomic mass is 9.73. The number of carbonyl (C=O) groups is 2. The Bertz CT molecular complexity index is 903. The molecule has 2 aromatic rings. The third-order valence-electron chi connectivity index (χ3n) is 6.40. The van der Waals surface area contributed by atoms with Gasteiger partial charge >= 0.3 is 0 Å². The Hall–Kier alpha value is -2.53. The fourth-order valence-electron chi connectivity index (χ4n) is 5.16. The minimum atomic E-state index is -0.250. The first-order valence-electron chi connectivity index (χ1n) is 10.0. The van der Waals surface area contributed by atoms with E-state index in [0.717, 1.165) is 31.1 Å². The lowest BCUT2D eigenvalue weighted by molar-refractivity contribution is -0.122. The van der Waals surface area contributed by atoms with Crippen LogP contribution in [0.1, 0.15) is 41.6 Å². The van der Waals surface area contributed by atoms with Crippen LogP contribution in [0.15, 0.2) is 10.0 Å². The third-order valence-corrected chi connectivity index (χ3v) is 7.15. The highest BCUT2D eigenvalue weighted by molar-refractivity contribution is 7.13. The van der Waals surface area contributed by atoms with E-state index in [2.05, 4.69) is 25.6 Å². The highest BCUT2D eigenvalue weighted by Crippen LogP contribution is 2.55. The van der Waals surface area contributed by atoms with E-state index in [-0.39, 0.29) is 24.1 Å². The zero-order valence-electron chi connectivity index (χ0n) is 16.9. The molecule has 0 unspecified atom stereocenters. The molecule has 5 rings (SSSR count). The van der Waals surface area contributed by atoms with Crippen LogP contribution in [0.5, 0.6) is 0 Å². The Labute approximate surface area is 177 Å². The topological polar surface area (TPSA) is 131 Å². The molecule has 1 amide bonds. The van der Waals surface area contributed by atoms with Gasteiger partial charge in [0.05, 0.1) is 17.4 Å². The number of aromatic nitrogens is 3. The van der Waals surface area contributed by atoms with Gasteiger partial charge < -0.3 is 24.6 Å². The summed E-state index contributed by atoms with van der Waals surface area (Å²) in [5.74, 6) is 1.22. The van der Waals surface area contributed by atoms with E-state index in [0.29, 0.717) is 41.8 Å². The average molecular weight is 436 g/mol. The van der Waals surface area contributed by atoms with Gasteiger partial charge in [0.15, 0.2) is 0 Å². The molecule has 5 heterocycles. The molecule has 10 nitrogen and oxygen atoms in total. The monoisotopic (exact) mass is 435 g/mol. The molecule has 2 bridgehead atoms. The second-order valence-electron chi connectivity index (χ2n) is 7.86. The summed E-state index contributed by atoms with van der Waals surface area (Å²) in [4.78, 5) is 23.4. The molecule has 0 saturated carbocycles. The Morgan fingerprint density at radius 2 is 2.33 bits per heavy atom. The predicted octanol–water partition coefficient (Wildman–Crippen LogP) is 1.51. The Balaban J connectivity index is 0.000000687. The van der Waals surface area contributed by atoms with Gasteiger partial charge in [-0.3, -0.25) is 9.59 Å². The first-order valence-corrected chi connectivity index (χ1v) is 10.9. The zero-order chi connectivity index (χ0) is 21.3. The number of amides is 1. The molecule has 1 spiro atoms. The minimum absolute atomic E-state index is 0.0899. The average Bonchev–Trinajstić information content (AvgIpc) is 3.52. The number of hydrogen-bond acceptors (Lipinski definition) is 9. The fraction of sp³-hybridized carbons (Fsp3) is 0.632. The maximum absolute atomic E-state index is 12.7. The molecular formula is C19H25N5O5S. The van der Waals surface area contributed by atoms with Crippen LogP contribution in [0.25, 0.3) is 0 Å². The van der Waals surface area contributed by atoms with Gasteiger partial charge in [-0.25, -0.2) is 0 Å². The van der Waals surface area contributed by atoms with Crippen molar-refractivity contribution in [3.05, 3.63) is 22.5 Å². The molecule has 3 saturated heterocycles. The quantitative estimate of drug-likeness (QED) is 0.671. The van der Waals surface area contributed by atoms with E-state index < -0.39 is 0 Å². The molecule has 4 atom stereocenters. The number of anilines is 1. The van der Waals surface area contributed by atoms with Gasteiger partial charge in [-0.15, -0.1) is 10.2 Å². The molecule has 30 heavy (non-hydrogen) atoms. The number of carboxylic acid groups (broad SMARTS) is 1. The van der Waals surface area contributed by atoms with Crippen molar-refractivity contribution in [3.63, 3.8) is 0 Å². The first kappa shape index (κ1) is 20.7. The van der Waals surface area contributed by atoms with Crippen LogP contribution in [0.4, 0.5) is 5.13 Å². The Kier molecular flexibility index (Phi) is 5.74. The highest BCUT2D eigenvalue weighted by atomic mass is 32.1. The summed E-state index contributed by atoms with van der Waals surface area (Å²) in [7, 11) is 0. The Morgan fingerprint density at radius 1 is 1.53 bits per heavy atom. The predicted molar refractivity (Wildman–Crippen MR) is 108 cm³/mol. The van der Waals surface area contributed by atoms with Gasteiger partial charge in [0.2, 0.25) is 5.13 Å². The molecule has 11 heteroatoms. The van der Waals surface area contributed by atoms with Gasteiger partial charge in [0, 0.05) is 31.5 Å². The largest absolute Gasteiger partial charge is 0.483 e. The van der Waals surface area contributed by atoms with Crippen molar-refractivity contribution in [2.24, 2.45) is 11.8 Å². The van der Waals surface area contributed by atoms with E-state index in [1.165, 1.54) is 0 Å². The molecule has 2 N–H and O–H groups in total. The number of hydrogen-bond donors (Lipinski definition) is 2. The summed E-state index contributed by atoms with van der Waals surface area (Å²) < 4.78 is 11.6. The molecule has 2 aromatic heterocycles. The van der Waals surface area contributed by atoms with Gasteiger partial charge in [0.25, 0.3) is 12.4 Å². The van der Waals surface area contributed by atoms with Crippen molar-refractivity contribution in [1.29, 1.82) is 0 Å². The molecule has 0 aliphatic carbocycles. The van der Waals surface area contributed by atoms with E-state index in [1.54, 1.807) is 23.8 Å². The summed E-state index contributed by atoms with van der Waals surface area (Å²) in [5.41, 5.74) is 2.98. The summed E-state index contributed by atoms with van der Waals surface area (Å²) in [6, 6.07) is 0. The number of aryl methyl sites for hydroxylation is 2. The minimum Gasteiger partial charge on any atom is -0.483 e. The normalized spacial score (nSPS) is 28.7. The highest BCUT2D eigenvalue weighted by Gasteiger charge is 2.63. The SMILES string of the molecule is CCc1noc(C)c1C(=O)NC[C@H]1[C@H]2CN(c3nncs3)C[C@]23CC[C@H]1O3.O=CO. The first-order chi connectivity index (χ1) is 14.5. The van der Waals surface area contributed by atoms with Crippen molar-refractivity contribution in [1.82, 2.24) is 20.7 Å². The van der Waals surface area contributed by atoms with Gasteiger partial charge in [-0.1, -0.05) is 23.4 Å². The summed E-state index contributed by atoms with van der Waals surface area (Å²) in [6.45, 7) is 5.92. The van der Waals surface area contributed by atoms with Crippen molar-refractivity contribution < 1.29 is 24.0 Å². The van der Waals surface area contributed by atoms with Crippen LogP contribution >= 0.6 is 11.3 Å². The van der Waals surface area contributed by atoms with Crippen LogP contribution in [-0.2, 0) is 16.0 Å². The van der Waals surface area contributed by atoms with Crippen molar-refractivity contribution in [2.45, 2.75) is 44.8 Å². The van der Waals surface area contributed by atoms with Gasteiger partial charge in [-0.2, -0.15) is 0 Å². The maximum atomic E-state index is 12.7. The molecule has 3 aliphatic rings. The van der Waals surface area contributed by atoms with Crippen LogP contribution in [0, 0.1) is 18.8 Å². The fourth-order valence-corrected chi connectivity index (χ4v) is 5.73. The number of rotatable bonds is 5. The third kappa shape index (κ3) is 3.45. The van der Waals surface area contributed by atoms with Crippen LogP contribution in [-0.4, -0.2) is 64.2 Å². The maximum Gasteiger partial charge on any atom is 0.290 e. The van der Waals surface area contributed by atoms with Crippen molar-refractivity contribution >= 4 is 28.8 Å². The Morgan fingerprint density at radius 3 is 3.03 bits per heavy atom. The standard InChI is InChI=1S/C18H23N5O3S.CH2O2/c1-3-13-15(10(2)26-22-13)16(24)19-6-11-12-7-23(17-21-20-9-27-17)8-18(12)5-4-14(11)25-18;2-1-3/h9,11-12,14H,3-8H2,1-2H3,(H,19,24);1H,(H,2,3)/t11-,12+,14+,18+;/m0./s1. The number of ether oxygens (including phenoxy) is 1. The summed E-state index contributed by atoms with van der Waals surface area (Å²) in [5, 5.41) is 23.1. The molecule has 162 valence electrons. The van der Waals surface area contributed by atoms with Crippen molar-refractivity contribution in [3.8, 4) is 0 Å². The molecule has 0 aromatic carbocycles. The molecule has 3 aliphatic heterocycles. The van der Waals surface area contributed by atoms with Gasteiger partial charge in [0.1, 0.15) is 16.8 Å². The van der Waals surface area contributed by atoms with Crippen LogP contribution in [0.2, 0.25) is 0 Å². The summed E-state index contributed by atoms with van der Waals surface area (Å²) >= 11 is 1.57. The second-order valence-corrected chi connectivity index (χ2v) is 8.67. The molecule has 3 fully saturated rings. The lowest BCUT2D eigenvalue weighted by Crippen LogP contribution is -2.42.